The Morgan fingerprint density at radius 2 is 1.59 bits per heavy atom. The maximum absolute atomic E-state index is 6.12. The van der Waals surface area contributed by atoms with Gasteiger partial charge in [0.15, 0.2) is 0 Å². The molecule has 1 nitrogen and oxygen atoms in total. The average Bonchev–Trinajstić information content (AvgIpc) is 2.74. The van der Waals surface area contributed by atoms with Crippen LogP contribution in [0.15, 0.2) is 48.7 Å². The molecule has 0 spiro atoms. The van der Waals surface area contributed by atoms with Crippen LogP contribution in [0.4, 0.5) is 0 Å². The third-order valence-corrected chi connectivity index (χ3v) is 4.35. The molecule has 0 aliphatic carbocycles. The molecule has 0 fully saturated rings. The first-order valence-corrected chi connectivity index (χ1v) is 7.85. The number of rotatable bonds is 1. The number of fused-ring (bicyclic) bond motifs is 1. The highest BCUT2D eigenvalue weighted by Gasteiger charge is 2.34. The van der Waals surface area contributed by atoms with Gasteiger partial charge in [0.05, 0.1) is 5.92 Å². The van der Waals surface area contributed by atoms with Gasteiger partial charge in [0.25, 0.3) is 0 Å². The standard InChI is InChI=1S/C21H24O/c1-13-7-9-16(10-8-13)19-15(3)22-20-17(19)11-14(2)12-18(20)21(4,5)6/h7-12,19H,3H2,1-2,4-6H3. The van der Waals surface area contributed by atoms with Crippen LogP contribution in [0.3, 0.4) is 0 Å². The highest BCUT2D eigenvalue weighted by Crippen LogP contribution is 2.48. The molecule has 2 aromatic rings. The molecule has 1 heteroatoms. The van der Waals surface area contributed by atoms with E-state index in [1.165, 1.54) is 27.8 Å². The van der Waals surface area contributed by atoms with Gasteiger partial charge in [-0.2, -0.15) is 0 Å². The van der Waals surface area contributed by atoms with Crippen molar-refractivity contribution in [2.45, 2.75) is 46.0 Å². The van der Waals surface area contributed by atoms with E-state index in [0.717, 1.165) is 11.5 Å². The fourth-order valence-corrected chi connectivity index (χ4v) is 3.17. The van der Waals surface area contributed by atoms with Gasteiger partial charge < -0.3 is 4.74 Å². The second-order valence-corrected chi connectivity index (χ2v) is 7.39. The Morgan fingerprint density at radius 1 is 0.955 bits per heavy atom. The Bertz CT molecular complexity index is 730. The summed E-state index contributed by atoms with van der Waals surface area (Å²) < 4.78 is 6.12. The summed E-state index contributed by atoms with van der Waals surface area (Å²) >= 11 is 0. The zero-order chi connectivity index (χ0) is 16.1. The van der Waals surface area contributed by atoms with Crippen LogP contribution in [0, 0.1) is 13.8 Å². The predicted octanol–water partition coefficient (Wildman–Crippen LogP) is 5.64. The molecule has 1 atom stereocenters. The fraction of sp³-hybridized carbons (Fsp3) is 0.333. The van der Waals surface area contributed by atoms with E-state index in [1.54, 1.807) is 0 Å². The molecule has 2 aromatic carbocycles. The Morgan fingerprint density at radius 3 is 2.18 bits per heavy atom. The van der Waals surface area contributed by atoms with Gasteiger partial charge >= 0.3 is 0 Å². The number of ether oxygens (including phenoxy) is 1. The zero-order valence-corrected chi connectivity index (χ0v) is 14.2. The molecule has 1 heterocycles. The summed E-state index contributed by atoms with van der Waals surface area (Å²) in [6.45, 7) is 15.1. The number of benzene rings is 2. The van der Waals surface area contributed by atoms with E-state index in [-0.39, 0.29) is 11.3 Å². The highest BCUT2D eigenvalue weighted by atomic mass is 16.5. The molecule has 22 heavy (non-hydrogen) atoms. The van der Waals surface area contributed by atoms with E-state index >= 15 is 0 Å². The lowest BCUT2D eigenvalue weighted by molar-refractivity contribution is 0.422. The molecule has 0 aromatic heterocycles. The van der Waals surface area contributed by atoms with Gasteiger partial charge in [-0.15, -0.1) is 0 Å². The maximum Gasteiger partial charge on any atom is 0.134 e. The summed E-state index contributed by atoms with van der Waals surface area (Å²) in [6.07, 6.45) is 0. The van der Waals surface area contributed by atoms with Crippen LogP contribution in [0.25, 0.3) is 0 Å². The summed E-state index contributed by atoms with van der Waals surface area (Å²) in [4.78, 5) is 0. The van der Waals surface area contributed by atoms with Crippen LogP contribution in [-0.2, 0) is 5.41 Å². The number of allylic oxidation sites excluding steroid dienone is 1. The molecular formula is C21H24O. The monoisotopic (exact) mass is 292 g/mol. The Hall–Kier alpha value is -2.02. The third-order valence-electron chi connectivity index (χ3n) is 4.35. The van der Waals surface area contributed by atoms with Crippen molar-refractivity contribution in [3.05, 3.63) is 76.6 Å². The molecule has 1 aliphatic rings. The van der Waals surface area contributed by atoms with Crippen molar-refractivity contribution in [3.63, 3.8) is 0 Å². The first kappa shape index (κ1) is 14.9. The summed E-state index contributed by atoms with van der Waals surface area (Å²) in [6, 6.07) is 13.2. The van der Waals surface area contributed by atoms with Crippen molar-refractivity contribution in [2.75, 3.05) is 0 Å². The van der Waals surface area contributed by atoms with Crippen molar-refractivity contribution in [2.24, 2.45) is 0 Å². The van der Waals surface area contributed by atoms with Crippen molar-refractivity contribution in [1.82, 2.24) is 0 Å². The topological polar surface area (TPSA) is 9.23 Å². The minimum atomic E-state index is 0.0541. The quantitative estimate of drug-likeness (QED) is 0.661. The molecule has 114 valence electrons. The fourth-order valence-electron chi connectivity index (χ4n) is 3.17. The zero-order valence-electron chi connectivity index (χ0n) is 14.2. The smallest absolute Gasteiger partial charge is 0.134 e. The molecule has 3 rings (SSSR count). The molecule has 0 saturated heterocycles. The van der Waals surface area contributed by atoms with E-state index in [4.69, 9.17) is 4.74 Å². The van der Waals surface area contributed by atoms with Crippen molar-refractivity contribution >= 4 is 0 Å². The Labute approximate surface area is 133 Å². The highest BCUT2D eigenvalue weighted by molar-refractivity contribution is 5.58. The van der Waals surface area contributed by atoms with E-state index in [9.17, 15) is 0 Å². The molecule has 1 aliphatic heterocycles. The summed E-state index contributed by atoms with van der Waals surface area (Å²) in [5.74, 6) is 1.97. The molecule has 0 saturated carbocycles. The first-order valence-electron chi connectivity index (χ1n) is 7.85. The van der Waals surface area contributed by atoms with Crippen LogP contribution < -0.4 is 4.74 Å². The first-order chi connectivity index (χ1) is 10.3. The van der Waals surface area contributed by atoms with Gasteiger partial charge in [-0.25, -0.2) is 0 Å². The van der Waals surface area contributed by atoms with Gasteiger partial charge in [-0.05, 0) is 24.8 Å². The Balaban J connectivity index is 2.18. The summed E-state index contributed by atoms with van der Waals surface area (Å²) in [7, 11) is 0. The number of hydrogen-bond acceptors (Lipinski definition) is 1. The number of hydrogen-bond donors (Lipinski definition) is 0. The lowest BCUT2D eigenvalue weighted by Crippen LogP contribution is -2.12. The normalized spacial score (nSPS) is 17.3. The van der Waals surface area contributed by atoms with Gasteiger partial charge in [0.2, 0.25) is 0 Å². The van der Waals surface area contributed by atoms with Gasteiger partial charge in [0.1, 0.15) is 11.5 Å². The van der Waals surface area contributed by atoms with E-state index < -0.39 is 0 Å². The molecule has 0 amide bonds. The maximum atomic E-state index is 6.12. The second kappa shape index (κ2) is 5.01. The molecule has 0 bridgehead atoms. The lowest BCUT2D eigenvalue weighted by atomic mass is 9.81. The molecular weight excluding hydrogens is 268 g/mol. The number of aryl methyl sites for hydroxylation is 2. The second-order valence-electron chi connectivity index (χ2n) is 7.39. The lowest BCUT2D eigenvalue weighted by Gasteiger charge is -2.22. The minimum absolute atomic E-state index is 0.0541. The van der Waals surface area contributed by atoms with Crippen molar-refractivity contribution in [3.8, 4) is 5.75 Å². The average molecular weight is 292 g/mol. The van der Waals surface area contributed by atoms with Crippen LogP contribution in [0.2, 0.25) is 0 Å². The van der Waals surface area contributed by atoms with Gasteiger partial charge in [-0.1, -0.05) is 74.9 Å². The van der Waals surface area contributed by atoms with Crippen LogP contribution >= 0.6 is 0 Å². The van der Waals surface area contributed by atoms with E-state index in [2.05, 4.69) is 77.6 Å². The predicted molar refractivity (Wildman–Crippen MR) is 92.7 cm³/mol. The summed E-state index contributed by atoms with van der Waals surface area (Å²) in [5, 5.41) is 0. The van der Waals surface area contributed by atoms with E-state index in [1.807, 2.05) is 0 Å². The van der Waals surface area contributed by atoms with Gasteiger partial charge in [-0.3, -0.25) is 0 Å². The molecule has 1 unspecified atom stereocenters. The SMILES string of the molecule is C=C1Oc2c(cc(C)cc2C(C)(C)C)C1c1ccc(C)cc1. The summed E-state index contributed by atoms with van der Waals surface area (Å²) in [5.41, 5.74) is 6.36. The van der Waals surface area contributed by atoms with Crippen LogP contribution in [0.5, 0.6) is 5.75 Å². The van der Waals surface area contributed by atoms with Crippen molar-refractivity contribution in [1.29, 1.82) is 0 Å². The molecule has 0 N–H and O–H groups in total. The van der Waals surface area contributed by atoms with Crippen LogP contribution in [0.1, 0.15) is 54.5 Å². The Kier molecular flexibility index (Phi) is 3.40. The third kappa shape index (κ3) is 2.45. The van der Waals surface area contributed by atoms with E-state index in [0.29, 0.717) is 0 Å². The van der Waals surface area contributed by atoms with Crippen molar-refractivity contribution < 1.29 is 4.74 Å². The minimum Gasteiger partial charge on any atom is -0.461 e. The van der Waals surface area contributed by atoms with Gasteiger partial charge in [0, 0.05) is 11.1 Å². The molecule has 0 radical (unpaired) electrons. The van der Waals surface area contributed by atoms with Crippen LogP contribution in [-0.4, -0.2) is 0 Å². The largest absolute Gasteiger partial charge is 0.461 e.